The SMILES string of the molecule is CCC(C)N(Cc1ccccc1)C(=O)c1ccc2cc(OC)ccc2n1. The molecule has 0 saturated heterocycles. The molecule has 0 aliphatic rings. The molecule has 4 heteroatoms. The van der Waals surface area contributed by atoms with Gasteiger partial charge in [0.25, 0.3) is 5.91 Å². The van der Waals surface area contributed by atoms with E-state index in [-0.39, 0.29) is 11.9 Å². The summed E-state index contributed by atoms with van der Waals surface area (Å²) in [5, 5.41) is 0.957. The van der Waals surface area contributed by atoms with Gasteiger partial charge in [-0.1, -0.05) is 43.3 Å². The average molecular weight is 348 g/mol. The monoisotopic (exact) mass is 348 g/mol. The van der Waals surface area contributed by atoms with Gasteiger partial charge in [-0.15, -0.1) is 0 Å². The molecule has 0 N–H and O–H groups in total. The van der Waals surface area contributed by atoms with Crippen molar-refractivity contribution in [2.75, 3.05) is 7.11 Å². The summed E-state index contributed by atoms with van der Waals surface area (Å²) in [4.78, 5) is 19.6. The number of pyridine rings is 1. The highest BCUT2D eigenvalue weighted by Gasteiger charge is 2.22. The van der Waals surface area contributed by atoms with Crippen molar-refractivity contribution >= 4 is 16.8 Å². The van der Waals surface area contributed by atoms with Crippen LogP contribution in [0.25, 0.3) is 10.9 Å². The molecule has 134 valence electrons. The number of aromatic nitrogens is 1. The number of nitrogens with zero attached hydrogens (tertiary/aromatic N) is 2. The van der Waals surface area contributed by atoms with E-state index in [9.17, 15) is 4.79 Å². The van der Waals surface area contributed by atoms with Crippen LogP contribution in [0.4, 0.5) is 0 Å². The topological polar surface area (TPSA) is 42.4 Å². The molecule has 0 spiro atoms. The van der Waals surface area contributed by atoms with Gasteiger partial charge in [-0.2, -0.15) is 0 Å². The minimum Gasteiger partial charge on any atom is -0.497 e. The van der Waals surface area contributed by atoms with Crippen molar-refractivity contribution in [3.8, 4) is 5.75 Å². The van der Waals surface area contributed by atoms with E-state index in [1.165, 1.54) is 0 Å². The molecule has 1 unspecified atom stereocenters. The van der Waals surface area contributed by atoms with Crippen LogP contribution >= 0.6 is 0 Å². The summed E-state index contributed by atoms with van der Waals surface area (Å²) >= 11 is 0. The first-order valence-corrected chi connectivity index (χ1v) is 8.92. The fraction of sp³-hybridized carbons (Fsp3) is 0.273. The molecule has 2 aromatic carbocycles. The standard InChI is InChI=1S/C22H24N2O2/c1-4-16(2)24(15-17-8-6-5-7-9-17)22(25)21-12-10-18-14-19(26-3)11-13-20(18)23-21/h5-14,16H,4,15H2,1-3H3. The maximum absolute atomic E-state index is 13.2. The van der Waals surface area contributed by atoms with Crippen LogP contribution in [-0.2, 0) is 6.54 Å². The Morgan fingerprint density at radius 1 is 1.12 bits per heavy atom. The molecule has 1 amide bonds. The molecule has 0 fully saturated rings. The molecule has 1 heterocycles. The van der Waals surface area contributed by atoms with Crippen LogP contribution in [0.2, 0.25) is 0 Å². The highest BCUT2D eigenvalue weighted by molar-refractivity contribution is 5.95. The van der Waals surface area contributed by atoms with Crippen LogP contribution in [0, 0.1) is 0 Å². The number of ether oxygens (including phenoxy) is 1. The molecular weight excluding hydrogens is 324 g/mol. The van der Waals surface area contributed by atoms with Gasteiger partial charge in [-0.25, -0.2) is 4.98 Å². The number of hydrogen-bond acceptors (Lipinski definition) is 3. The lowest BCUT2D eigenvalue weighted by atomic mass is 10.1. The molecule has 3 aromatic rings. The van der Waals surface area contributed by atoms with E-state index >= 15 is 0 Å². The second kappa shape index (κ2) is 8.00. The zero-order valence-corrected chi connectivity index (χ0v) is 15.5. The zero-order valence-electron chi connectivity index (χ0n) is 15.5. The van der Waals surface area contributed by atoms with Crippen molar-refractivity contribution in [3.63, 3.8) is 0 Å². The van der Waals surface area contributed by atoms with Crippen LogP contribution < -0.4 is 4.74 Å². The van der Waals surface area contributed by atoms with Gasteiger partial charge in [-0.3, -0.25) is 4.79 Å². The molecule has 1 atom stereocenters. The summed E-state index contributed by atoms with van der Waals surface area (Å²) in [6, 6.07) is 19.6. The predicted octanol–water partition coefficient (Wildman–Crippen LogP) is 4.68. The second-order valence-corrected chi connectivity index (χ2v) is 6.43. The van der Waals surface area contributed by atoms with E-state index < -0.39 is 0 Å². The Morgan fingerprint density at radius 3 is 2.58 bits per heavy atom. The summed E-state index contributed by atoms with van der Waals surface area (Å²) in [6.07, 6.45) is 0.892. The third-order valence-corrected chi connectivity index (χ3v) is 4.69. The summed E-state index contributed by atoms with van der Waals surface area (Å²) in [5.41, 5.74) is 2.38. The van der Waals surface area contributed by atoms with Gasteiger partial charge >= 0.3 is 0 Å². The predicted molar refractivity (Wildman–Crippen MR) is 104 cm³/mol. The van der Waals surface area contributed by atoms with Crippen molar-refractivity contribution in [2.45, 2.75) is 32.9 Å². The molecule has 0 saturated carbocycles. The third-order valence-electron chi connectivity index (χ3n) is 4.69. The summed E-state index contributed by atoms with van der Waals surface area (Å²) in [6.45, 7) is 4.75. The molecule has 3 rings (SSSR count). The summed E-state index contributed by atoms with van der Waals surface area (Å²) < 4.78 is 5.25. The normalized spacial score (nSPS) is 12.0. The van der Waals surface area contributed by atoms with Gasteiger partial charge in [-0.05, 0) is 43.2 Å². The van der Waals surface area contributed by atoms with Crippen LogP contribution in [0.3, 0.4) is 0 Å². The van der Waals surface area contributed by atoms with E-state index in [1.807, 2.05) is 59.5 Å². The highest BCUT2D eigenvalue weighted by atomic mass is 16.5. The highest BCUT2D eigenvalue weighted by Crippen LogP contribution is 2.21. The van der Waals surface area contributed by atoms with E-state index in [4.69, 9.17) is 4.74 Å². The van der Waals surface area contributed by atoms with Crippen LogP contribution in [0.15, 0.2) is 60.7 Å². The van der Waals surface area contributed by atoms with E-state index in [2.05, 4.69) is 18.8 Å². The fourth-order valence-corrected chi connectivity index (χ4v) is 2.93. The van der Waals surface area contributed by atoms with Crippen LogP contribution in [-0.4, -0.2) is 28.9 Å². The molecule has 0 bridgehead atoms. The Morgan fingerprint density at radius 2 is 1.88 bits per heavy atom. The quantitative estimate of drug-likeness (QED) is 0.649. The van der Waals surface area contributed by atoms with Crippen molar-refractivity contribution < 1.29 is 9.53 Å². The first-order chi connectivity index (χ1) is 12.6. The maximum atomic E-state index is 13.2. The lowest BCUT2D eigenvalue weighted by Crippen LogP contribution is -2.38. The lowest BCUT2D eigenvalue weighted by Gasteiger charge is -2.28. The number of hydrogen-bond donors (Lipinski definition) is 0. The van der Waals surface area contributed by atoms with E-state index in [0.29, 0.717) is 12.2 Å². The Bertz CT molecular complexity index is 893. The van der Waals surface area contributed by atoms with Gasteiger partial charge < -0.3 is 9.64 Å². The Hall–Kier alpha value is -2.88. The van der Waals surface area contributed by atoms with Crippen molar-refractivity contribution in [1.82, 2.24) is 9.88 Å². The molecule has 1 aromatic heterocycles. The fourth-order valence-electron chi connectivity index (χ4n) is 2.93. The molecule has 0 aliphatic carbocycles. The van der Waals surface area contributed by atoms with E-state index in [0.717, 1.165) is 28.6 Å². The zero-order chi connectivity index (χ0) is 18.5. The largest absolute Gasteiger partial charge is 0.497 e. The minimum absolute atomic E-state index is 0.0408. The molecule has 0 radical (unpaired) electrons. The summed E-state index contributed by atoms with van der Waals surface area (Å²) in [5.74, 6) is 0.740. The van der Waals surface area contributed by atoms with Gasteiger partial charge in [0.15, 0.2) is 0 Å². The van der Waals surface area contributed by atoms with Gasteiger partial charge in [0.1, 0.15) is 11.4 Å². The van der Waals surface area contributed by atoms with Crippen molar-refractivity contribution in [3.05, 3.63) is 71.9 Å². The third kappa shape index (κ3) is 3.85. The number of benzene rings is 2. The minimum atomic E-state index is -0.0408. The molecule has 26 heavy (non-hydrogen) atoms. The Kier molecular flexibility index (Phi) is 5.52. The number of methoxy groups -OCH3 is 1. The van der Waals surface area contributed by atoms with Crippen molar-refractivity contribution in [1.29, 1.82) is 0 Å². The van der Waals surface area contributed by atoms with Gasteiger partial charge in [0, 0.05) is 18.0 Å². The number of carbonyl (C=O) groups excluding carboxylic acids is 1. The van der Waals surface area contributed by atoms with Crippen LogP contribution in [0.1, 0.15) is 36.3 Å². The number of amides is 1. The number of fused-ring (bicyclic) bond motifs is 1. The molecule has 4 nitrogen and oxygen atoms in total. The Labute approximate surface area is 154 Å². The van der Waals surface area contributed by atoms with Gasteiger partial charge in [0.05, 0.1) is 12.6 Å². The average Bonchev–Trinajstić information content (AvgIpc) is 2.70. The molecular formula is C22H24N2O2. The first-order valence-electron chi connectivity index (χ1n) is 8.92. The second-order valence-electron chi connectivity index (χ2n) is 6.43. The van der Waals surface area contributed by atoms with E-state index in [1.54, 1.807) is 13.2 Å². The number of carbonyl (C=O) groups is 1. The maximum Gasteiger partial charge on any atom is 0.273 e. The molecule has 0 aliphatic heterocycles. The lowest BCUT2D eigenvalue weighted by molar-refractivity contribution is 0.0666. The smallest absolute Gasteiger partial charge is 0.273 e. The van der Waals surface area contributed by atoms with Gasteiger partial charge in [0.2, 0.25) is 0 Å². The van der Waals surface area contributed by atoms with Crippen LogP contribution in [0.5, 0.6) is 5.75 Å². The summed E-state index contributed by atoms with van der Waals surface area (Å²) in [7, 11) is 1.64. The van der Waals surface area contributed by atoms with Crippen molar-refractivity contribution in [2.24, 2.45) is 0 Å². The first kappa shape index (κ1) is 17.9. The Balaban J connectivity index is 1.91. The number of rotatable bonds is 6.